The number of piperazine rings is 1. The van der Waals surface area contributed by atoms with Gasteiger partial charge in [-0.3, -0.25) is 4.99 Å². The lowest BCUT2D eigenvalue weighted by atomic mass is 10.3. The van der Waals surface area contributed by atoms with Crippen molar-refractivity contribution in [3.63, 3.8) is 0 Å². The molecule has 0 atom stereocenters. The predicted octanol–water partition coefficient (Wildman–Crippen LogP) is 1.80. The maximum absolute atomic E-state index is 4.45. The number of aliphatic imine (C=N–C) groups is 1. The van der Waals surface area contributed by atoms with Crippen molar-refractivity contribution in [2.45, 2.75) is 25.9 Å². The summed E-state index contributed by atoms with van der Waals surface area (Å²) < 4.78 is 2.23. The van der Waals surface area contributed by atoms with Crippen LogP contribution in [0.2, 0.25) is 0 Å². The Balaban J connectivity index is 0.00000182. The van der Waals surface area contributed by atoms with Crippen LogP contribution in [0.25, 0.3) is 0 Å². The summed E-state index contributed by atoms with van der Waals surface area (Å²) in [6.45, 7) is 5.75. The first kappa shape index (κ1) is 18.4. The highest BCUT2D eigenvalue weighted by Gasteiger charge is 2.21. The quantitative estimate of drug-likeness (QED) is 0.419. The zero-order chi connectivity index (χ0) is 16.4. The van der Waals surface area contributed by atoms with E-state index in [2.05, 4.69) is 52.4 Å². The Morgan fingerprint density at radius 2 is 2.08 bits per heavy atom. The number of hydrogen-bond donors (Lipinski definition) is 1. The zero-order valence-corrected chi connectivity index (χ0v) is 17.5. The fourth-order valence-electron chi connectivity index (χ4n) is 3.42. The highest BCUT2D eigenvalue weighted by molar-refractivity contribution is 14.0. The van der Waals surface area contributed by atoms with E-state index < -0.39 is 0 Å². The third-order valence-corrected chi connectivity index (χ3v) is 5.63. The largest absolute Gasteiger partial charge is 0.360 e. The van der Waals surface area contributed by atoms with Crippen molar-refractivity contribution in [1.29, 1.82) is 0 Å². The average Bonchev–Trinajstić information content (AvgIpc) is 3.35. The Labute approximate surface area is 169 Å². The minimum absolute atomic E-state index is 0. The molecule has 0 spiro atoms. The first-order valence-electron chi connectivity index (χ1n) is 8.50. The second kappa shape index (κ2) is 8.35. The summed E-state index contributed by atoms with van der Waals surface area (Å²) in [6, 6.07) is 4.31. The van der Waals surface area contributed by atoms with Crippen molar-refractivity contribution in [3.05, 3.63) is 29.2 Å². The normalized spacial score (nSPS) is 17.4. The number of fused-ring (bicyclic) bond motifs is 1. The summed E-state index contributed by atoms with van der Waals surface area (Å²) >= 11 is 1.81. The van der Waals surface area contributed by atoms with Crippen molar-refractivity contribution in [2.75, 3.05) is 38.1 Å². The van der Waals surface area contributed by atoms with Gasteiger partial charge in [0, 0.05) is 46.2 Å². The van der Waals surface area contributed by atoms with Crippen molar-refractivity contribution in [1.82, 2.24) is 25.0 Å². The highest BCUT2D eigenvalue weighted by atomic mass is 127. The lowest BCUT2D eigenvalue weighted by Crippen LogP contribution is -2.52. The Hall–Kier alpha value is -1.36. The van der Waals surface area contributed by atoms with E-state index in [9.17, 15) is 0 Å². The topological polar surface area (TPSA) is 61.6 Å². The SMILES string of the molecule is CN=C(NCc1nnc2n1CCC2)N1CCN(c2cccs2)CC1.I. The maximum atomic E-state index is 4.45. The molecule has 1 fully saturated rings. The number of hydrogen-bond acceptors (Lipinski definition) is 5. The number of rotatable bonds is 3. The molecule has 0 amide bonds. The Kier molecular flexibility index (Phi) is 6.15. The Morgan fingerprint density at radius 3 is 2.80 bits per heavy atom. The summed E-state index contributed by atoms with van der Waals surface area (Å²) in [7, 11) is 1.85. The average molecular weight is 473 g/mol. The zero-order valence-electron chi connectivity index (χ0n) is 14.4. The summed E-state index contributed by atoms with van der Waals surface area (Å²) in [5.74, 6) is 3.09. The molecular formula is C16H24IN7S. The smallest absolute Gasteiger partial charge is 0.194 e. The molecule has 25 heavy (non-hydrogen) atoms. The van der Waals surface area contributed by atoms with E-state index in [1.54, 1.807) is 0 Å². The second-order valence-electron chi connectivity index (χ2n) is 6.11. The molecule has 2 aromatic rings. The van der Waals surface area contributed by atoms with E-state index in [1.165, 1.54) is 11.4 Å². The molecule has 0 aromatic carbocycles. The standard InChI is InChI=1S/C16H23N7S.HI/c1-17-16(18-12-14-20-19-13-4-2-6-23(13)14)22-9-7-21(8-10-22)15-5-3-11-24-15;/h3,5,11H,2,4,6-10,12H2,1H3,(H,17,18);1H. The van der Waals surface area contributed by atoms with Gasteiger partial charge in [-0.25, -0.2) is 0 Å². The van der Waals surface area contributed by atoms with E-state index in [1.807, 2.05) is 18.4 Å². The number of aryl methyl sites for hydroxylation is 1. The number of halogens is 1. The third kappa shape index (κ3) is 3.91. The third-order valence-electron chi connectivity index (χ3n) is 4.70. The van der Waals surface area contributed by atoms with E-state index in [0.29, 0.717) is 6.54 Å². The minimum atomic E-state index is 0. The Morgan fingerprint density at radius 1 is 1.24 bits per heavy atom. The van der Waals surface area contributed by atoms with E-state index in [4.69, 9.17) is 0 Å². The molecule has 2 aliphatic heterocycles. The van der Waals surface area contributed by atoms with Crippen molar-refractivity contribution < 1.29 is 0 Å². The molecule has 4 heterocycles. The van der Waals surface area contributed by atoms with Gasteiger partial charge in [-0.15, -0.1) is 45.5 Å². The van der Waals surface area contributed by atoms with Gasteiger partial charge in [0.15, 0.2) is 11.8 Å². The maximum Gasteiger partial charge on any atom is 0.194 e. The van der Waals surface area contributed by atoms with Crippen LogP contribution in [-0.4, -0.2) is 58.9 Å². The van der Waals surface area contributed by atoms with Crippen LogP contribution in [0.4, 0.5) is 5.00 Å². The van der Waals surface area contributed by atoms with Gasteiger partial charge in [-0.1, -0.05) is 0 Å². The van der Waals surface area contributed by atoms with Gasteiger partial charge in [0.1, 0.15) is 5.82 Å². The molecule has 2 aromatic heterocycles. The van der Waals surface area contributed by atoms with Crippen LogP contribution in [0.1, 0.15) is 18.1 Å². The number of nitrogens with zero attached hydrogens (tertiary/aromatic N) is 6. The number of nitrogens with one attached hydrogen (secondary N) is 1. The molecule has 0 aliphatic carbocycles. The van der Waals surface area contributed by atoms with Crippen LogP contribution in [0.15, 0.2) is 22.5 Å². The molecule has 0 saturated carbocycles. The fourth-order valence-corrected chi connectivity index (χ4v) is 4.21. The first-order valence-corrected chi connectivity index (χ1v) is 9.38. The van der Waals surface area contributed by atoms with Gasteiger partial charge >= 0.3 is 0 Å². The Bertz CT molecular complexity index is 704. The van der Waals surface area contributed by atoms with Crippen LogP contribution < -0.4 is 10.2 Å². The second-order valence-corrected chi connectivity index (χ2v) is 7.04. The summed E-state index contributed by atoms with van der Waals surface area (Å²) in [6.07, 6.45) is 2.23. The minimum Gasteiger partial charge on any atom is -0.360 e. The van der Waals surface area contributed by atoms with Crippen LogP contribution in [0.3, 0.4) is 0 Å². The van der Waals surface area contributed by atoms with Crippen molar-refractivity contribution >= 4 is 46.3 Å². The molecule has 9 heteroatoms. The molecule has 136 valence electrons. The summed E-state index contributed by atoms with van der Waals surface area (Å²) in [5, 5.41) is 15.5. The number of guanidine groups is 1. The fraction of sp³-hybridized carbons (Fsp3) is 0.562. The molecule has 0 bridgehead atoms. The number of aromatic nitrogens is 3. The van der Waals surface area contributed by atoms with Crippen LogP contribution >= 0.6 is 35.3 Å². The van der Waals surface area contributed by atoms with Gasteiger partial charge in [0.05, 0.1) is 11.5 Å². The van der Waals surface area contributed by atoms with E-state index >= 15 is 0 Å². The predicted molar refractivity (Wildman–Crippen MR) is 112 cm³/mol. The van der Waals surface area contributed by atoms with Gasteiger partial charge < -0.3 is 19.7 Å². The van der Waals surface area contributed by atoms with Gasteiger partial charge in [-0.05, 0) is 23.9 Å². The molecule has 7 nitrogen and oxygen atoms in total. The van der Waals surface area contributed by atoms with Crippen LogP contribution in [0, 0.1) is 0 Å². The van der Waals surface area contributed by atoms with Gasteiger partial charge in [0.25, 0.3) is 0 Å². The highest BCUT2D eigenvalue weighted by Crippen LogP contribution is 2.22. The lowest BCUT2D eigenvalue weighted by Gasteiger charge is -2.36. The number of thiophene rings is 1. The van der Waals surface area contributed by atoms with Gasteiger partial charge in [0.2, 0.25) is 0 Å². The van der Waals surface area contributed by atoms with Crippen LogP contribution in [0.5, 0.6) is 0 Å². The molecular weight excluding hydrogens is 449 g/mol. The molecule has 2 aliphatic rings. The summed E-state index contributed by atoms with van der Waals surface area (Å²) in [4.78, 5) is 9.22. The lowest BCUT2D eigenvalue weighted by molar-refractivity contribution is 0.372. The first-order chi connectivity index (χ1) is 11.8. The number of anilines is 1. The van der Waals surface area contributed by atoms with E-state index in [0.717, 1.165) is 56.8 Å². The molecule has 4 rings (SSSR count). The summed E-state index contributed by atoms with van der Waals surface area (Å²) in [5.41, 5.74) is 0. The van der Waals surface area contributed by atoms with Crippen molar-refractivity contribution in [3.8, 4) is 0 Å². The van der Waals surface area contributed by atoms with E-state index in [-0.39, 0.29) is 24.0 Å². The molecule has 1 saturated heterocycles. The van der Waals surface area contributed by atoms with Crippen molar-refractivity contribution in [2.24, 2.45) is 4.99 Å². The monoisotopic (exact) mass is 473 g/mol. The molecule has 0 unspecified atom stereocenters. The van der Waals surface area contributed by atoms with Gasteiger partial charge in [-0.2, -0.15) is 0 Å². The van der Waals surface area contributed by atoms with Crippen LogP contribution in [-0.2, 0) is 19.5 Å². The molecule has 1 N–H and O–H groups in total. The molecule has 0 radical (unpaired) electrons.